The number of ether oxygens (including phenoxy) is 1. The van der Waals surface area contributed by atoms with Crippen LogP contribution in [0.4, 0.5) is 5.69 Å². The Labute approximate surface area is 110 Å². The van der Waals surface area contributed by atoms with Crippen LogP contribution < -0.4 is 10.1 Å². The van der Waals surface area contributed by atoms with E-state index < -0.39 is 0 Å². The van der Waals surface area contributed by atoms with Crippen LogP contribution in [0, 0.1) is 0 Å². The zero-order chi connectivity index (χ0) is 12.8. The Morgan fingerprint density at radius 3 is 2.39 bits per heavy atom. The van der Waals surface area contributed by atoms with Gasteiger partial charge in [0.15, 0.2) is 0 Å². The van der Waals surface area contributed by atoms with Crippen LogP contribution in [-0.2, 0) is 0 Å². The lowest BCUT2D eigenvalue weighted by atomic mass is 10.0. The second-order valence-electron chi connectivity index (χ2n) is 4.81. The molecule has 1 aliphatic rings. The van der Waals surface area contributed by atoms with Crippen molar-refractivity contribution in [3.63, 3.8) is 0 Å². The monoisotopic (exact) mass is 248 g/mol. The topological polar surface area (TPSA) is 24.5 Å². The van der Waals surface area contributed by atoms with E-state index in [-0.39, 0.29) is 0 Å². The summed E-state index contributed by atoms with van der Waals surface area (Å²) < 4.78 is 5.44. The normalized spacial score (nSPS) is 17.7. The van der Waals surface area contributed by atoms with Gasteiger partial charge < -0.3 is 15.0 Å². The van der Waals surface area contributed by atoms with Gasteiger partial charge in [0.1, 0.15) is 5.75 Å². The zero-order valence-electron chi connectivity index (χ0n) is 11.5. The summed E-state index contributed by atoms with van der Waals surface area (Å²) in [5.74, 6) is 0.948. The molecule has 0 radical (unpaired) electrons. The minimum Gasteiger partial charge on any atom is -0.494 e. The van der Waals surface area contributed by atoms with Crippen molar-refractivity contribution in [3.8, 4) is 5.75 Å². The van der Waals surface area contributed by atoms with Gasteiger partial charge in [0, 0.05) is 24.8 Å². The lowest BCUT2D eigenvalue weighted by molar-refractivity contribution is 0.229. The molecule has 1 aromatic rings. The van der Waals surface area contributed by atoms with E-state index in [0.29, 0.717) is 6.04 Å². The second kappa shape index (κ2) is 6.64. The van der Waals surface area contributed by atoms with E-state index in [1.54, 1.807) is 0 Å². The van der Waals surface area contributed by atoms with E-state index >= 15 is 0 Å². The molecule has 0 amide bonds. The summed E-state index contributed by atoms with van der Waals surface area (Å²) in [5.41, 5.74) is 1.20. The van der Waals surface area contributed by atoms with Gasteiger partial charge in [-0.1, -0.05) is 6.92 Å². The van der Waals surface area contributed by atoms with Crippen molar-refractivity contribution < 1.29 is 4.74 Å². The summed E-state index contributed by atoms with van der Waals surface area (Å²) in [7, 11) is 0. The van der Waals surface area contributed by atoms with Crippen LogP contribution in [0.5, 0.6) is 5.75 Å². The number of nitrogens with one attached hydrogen (secondary N) is 1. The van der Waals surface area contributed by atoms with Crippen LogP contribution in [0.15, 0.2) is 24.3 Å². The lowest BCUT2D eigenvalue weighted by Crippen LogP contribution is -2.38. The molecule has 0 unspecified atom stereocenters. The molecule has 3 nitrogen and oxygen atoms in total. The highest BCUT2D eigenvalue weighted by molar-refractivity contribution is 5.47. The van der Waals surface area contributed by atoms with Crippen LogP contribution in [-0.4, -0.2) is 37.2 Å². The van der Waals surface area contributed by atoms with Gasteiger partial charge in [0.05, 0.1) is 6.61 Å². The molecule has 1 aliphatic heterocycles. The lowest BCUT2D eigenvalue weighted by Gasteiger charge is -2.32. The largest absolute Gasteiger partial charge is 0.494 e. The van der Waals surface area contributed by atoms with E-state index in [4.69, 9.17) is 4.74 Å². The third-order valence-corrected chi connectivity index (χ3v) is 3.57. The molecular weight excluding hydrogens is 224 g/mol. The maximum Gasteiger partial charge on any atom is 0.119 e. The highest BCUT2D eigenvalue weighted by Crippen LogP contribution is 2.19. The van der Waals surface area contributed by atoms with Crippen molar-refractivity contribution >= 4 is 5.69 Å². The van der Waals surface area contributed by atoms with Gasteiger partial charge in [-0.2, -0.15) is 0 Å². The van der Waals surface area contributed by atoms with Gasteiger partial charge in [-0.15, -0.1) is 0 Å². The molecule has 1 saturated heterocycles. The molecule has 1 N–H and O–H groups in total. The second-order valence-corrected chi connectivity index (χ2v) is 4.81. The molecule has 0 spiro atoms. The first-order valence-corrected chi connectivity index (χ1v) is 7.03. The first-order valence-electron chi connectivity index (χ1n) is 7.03. The number of piperidine rings is 1. The number of rotatable bonds is 5. The maximum absolute atomic E-state index is 5.44. The van der Waals surface area contributed by atoms with Crippen LogP contribution in [0.3, 0.4) is 0 Å². The van der Waals surface area contributed by atoms with Crippen molar-refractivity contribution in [1.82, 2.24) is 4.90 Å². The number of hydrogen-bond acceptors (Lipinski definition) is 3. The average Bonchev–Trinajstić information content (AvgIpc) is 2.42. The van der Waals surface area contributed by atoms with Gasteiger partial charge in [0.25, 0.3) is 0 Å². The van der Waals surface area contributed by atoms with Gasteiger partial charge in [0.2, 0.25) is 0 Å². The quantitative estimate of drug-likeness (QED) is 0.867. The smallest absolute Gasteiger partial charge is 0.119 e. The van der Waals surface area contributed by atoms with Gasteiger partial charge in [-0.25, -0.2) is 0 Å². The van der Waals surface area contributed by atoms with Crippen LogP contribution >= 0.6 is 0 Å². The molecule has 1 fully saturated rings. The molecule has 0 aromatic heterocycles. The Bertz CT molecular complexity index is 342. The summed E-state index contributed by atoms with van der Waals surface area (Å²) in [5, 5.41) is 3.61. The Morgan fingerprint density at radius 1 is 1.17 bits per heavy atom. The van der Waals surface area contributed by atoms with E-state index in [1.807, 2.05) is 19.1 Å². The molecule has 3 heteroatoms. The molecule has 0 saturated carbocycles. The number of anilines is 1. The molecular formula is C15H24N2O. The van der Waals surface area contributed by atoms with Crippen molar-refractivity contribution in [2.45, 2.75) is 32.7 Å². The molecule has 1 heterocycles. The Hall–Kier alpha value is -1.22. The van der Waals surface area contributed by atoms with Crippen molar-refractivity contribution in [1.29, 1.82) is 0 Å². The third kappa shape index (κ3) is 3.64. The fourth-order valence-corrected chi connectivity index (χ4v) is 2.44. The van der Waals surface area contributed by atoms with Crippen LogP contribution in [0.1, 0.15) is 26.7 Å². The molecule has 1 aromatic carbocycles. The van der Waals surface area contributed by atoms with Crippen molar-refractivity contribution in [2.24, 2.45) is 0 Å². The van der Waals surface area contributed by atoms with E-state index in [0.717, 1.165) is 12.4 Å². The molecule has 0 bridgehead atoms. The first-order chi connectivity index (χ1) is 8.81. The predicted molar refractivity (Wildman–Crippen MR) is 76.4 cm³/mol. The first kappa shape index (κ1) is 13.2. The molecule has 100 valence electrons. The Balaban J connectivity index is 1.82. The molecule has 0 aliphatic carbocycles. The third-order valence-electron chi connectivity index (χ3n) is 3.57. The van der Waals surface area contributed by atoms with Crippen LogP contribution in [0.25, 0.3) is 0 Å². The summed E-state index contributed by atoms with van der Waals surface area (Å²) in [6.07, 6.45) is 2.47. The fraction of sp³-hybridized carbons (Fsp3) is 0.600. The molecule has 2 rings (SSSR count). The number of nitrogens with zero attached hydrogens (tertiary/aromatic N) is 1. The summed E-state index contributed by atoms with van der Waals surface area (Å²) >= 11 is 0. The van der Waals surface area contributed by atoms with Gasteiger partial charge >= 0.3 is 0 Å². The zero-order valence-corrected chi connectivity index (χ0v) is 11.5. The minimum absolute atomic E-state index is 0.616. The van der Waals surface area contributed by atoms with E-state index in [9.17, 15) is 0 Å². The maximum atomic E-state index is 5.44. The average molecular weight is 248 g/mol. The molecule has 0 atom stereocenters. The highest BCUT2D eigenvalue weighted by Gasteiger charge is 2.17. The van der Waals surface area contributed by atoms with Gasteiger partial charge in [-0.05, 0) is 50.6 Å². The Morgan fingerprint density at radius 2 is 1.83 bits per heavy atom. The summed E-state index contributed by atoms with van der Waals surface area (Å²) in [4.78, 5) is 2.51. The predicted octanol–water partition coefficient (Wildman–Crippen LogP) is 2.98. The number of benzene rings is 1. The van der Waals surface area contributed by atoms with Crippen molar-refractivity contribution in [3.05, 3.63) is 24.3 Å². The summed E-state index contributed by atoms with van der Waals surface area (Å²) in [6, 6.07) is 8.90. The highest BCUT2D eigenvalue weighted by atomic mass is 16.5. The Kier molecular flexibility index (Phi) is 4.88. The van der Waals surface area contributed by atoms with Crippen LogP contribution in [0.2, 0.25) is 0 Å². The fourth-order valence-electron chi connectivity index (χ4n) is 2.44. The van der Waals surface area contributed by atoms with Crippen molar-refractivity contribution in [2.75, 3.05) is 31.6 Å². The number of hydrogen-bond donors (Lipinski definition) is 1. The van der Waals surface area contributed by atoms with E-state index in [2.05, 4.69) is 29.3 Å². The SMILES string of the molecule is CCOc1ccc(NC2CCN(CC)CC2)cc1. The minimum atomic E-state index is 0.616. The molecule has 18 heavy (non-hydrogen) atoms. The number of likely N-dealkylation sites (tertiary alicyclic amines) is 1. The standard InChI is InChI=1S/C15H24N2O/c1-3-17-11-9-14(10-12-17)16-13-5-7-15(8-6-13)18-4-2/h5-8,14,16H,3-4,9-12H2,1-2H3. The summed E-state index contributed by atoms with van der Waals surface area (Å²) in [6.45, 7) is 8.57. The van der Waals surface area contributed by atoms with E-state index in [1.165, 1.54) is 38.2 Å². The van der Waals surface area contributed by atoms with Gasteiger partial charge in [-0.3, -0.25) is 0 Å².